The SMILES string of the molecule is CN1CC(CC#N)N(C2CCCCC2)CC1(C)C. The van der Waals surface area contributed by atoms with Crippen molar-refractivity contribution in [3.63, 3.8) is 0 Å². The van der Waals surface area contributed by atoms with Crippen LogP contribution in [-0.2, 0) is 0 Å². The molecule has 0 radical (unpaired) electrons. The summed E-state index contributed by atoms with van der Waals surface area (Å²) in [4.78, 5) is 5.08. The van der Waals surface area contributed by atoms with E-state index in [0.29, 0.717) is 12.5 Å². The van der Waals surface area contributed by atoms with Gasteiger partial charge >= 0.3 is 0 Å². The Hall–Kier alpha value is -0.590. The Bertz CT molecular complexity index is 312. The van der Waals surface area contributed by atoms with Gasteiger partial charge in [-0.2, -0.15) is 5.26 Å². The molecule has 0 amide bonds. The third-order valence-corrected chi connectivity index (χ3v) is 4.93. The van der Waals surface area contributed by atoms with Crippen molar-refractivity contribution >= 4 is 0 Å². The molecule has 1 heterocycles. The van der Waals surface area contributed by atoms with Gasteiger partial charge in [0, 0.05) is 30.7 Å². The van der Waals surface area contributed by atoms with Gasteiger partial charge in [-0.15, -0.1) is 0 Å². The van der Waals surface area contributed by atoms with Gasteiger partial charge in [-0.25, -0.2) is 0 Å². The highest BCUT2D eigenvalue weighted by atomic mass is 15.3. The van der Waals surface area contributed by atoms with E-state index < -0.39 is 0 Å². The molecule has 2 fully saturated rings. The van der Waals surface area contributed by atoms with Gasteiger partial charge in [0.05, 0.1) is 12.5 Å². The predicted molar refractivity (Wildman–Crippen MR) is 74.3 cm³/mol. The van der Waals surface area contributed by atoms with Crippen LogP contribution in [0.15, 0.2) is 0 Å². The molecule has 3 nitrogen and oxygen atoms in total. The molecule has 1 unspecified atom stereocenters. The van der Waals surface area contributed by atoms with Crippen molar-refractivity contribution in [2.75, 3.05) is 20.1 Å². The highest BCUT2D eigenvalue weighted by molar-refractivity contribution is 4.99. The van der Waals surface area contributed by atoms with E-state index in [4.69, 9.17) is 5.26 Å². The Morgan fingerprint density at radius 1 is 1.22 bits per heavy atom. The molecule has 2 aliphatic rings. The monoisotopic (exact) mass is 249 g/mol. The van der Waals surface area contributed by atoms with Crippen molar-refractivity contribution in [1.82, 2.24) is 9.80 Å². The molecule has 2 rings (SSSR count). The summed E-state index contributed by atoms with van der Waals surface area (Å²) in [5.41, 5.74) is 0.239. The lowest BCUT2D eigenvalue weighted by Gasteiger charge is -2.52. The fourth-order valence-electron chi connectivity index (χ4n) is 3.49. The van der Waals surface area contributed by atoms with E-state index >= 15 is 0 Å². The van der Waals surface area contributed by atoms with Crippen molar-refractivity contribution in [2.24, 2.45) is 0 Å². The summed E-state index contributed by atoms with van der Waals surface area (Å²) in [5.74, 6) is 0. The molecule has 3 heteroatoms. The number of nitriles is 1. The van der Waals surface area contributed by atoms with E-state index in [1.165, 1.54) is 32.1 Å². The standard InChI is InChI=1S/C15H27N3/c1-15(2)12-18(13-7-5-4-6-8-13)14(9-10-16)11-17(15)3/h13-14H,4-9,11-12H2,1-3H3. The van der Waals surface area contributed by atoms with Crippen molar-refractivity contribution < 1.29 is 0 Å². The third kappa shape index (κ3) is 2.87. The Morgan fingerprint density at radius 2 is 1.89 bits per heavy atom. The molecule has 0 bridgehead atoms. The number of hydrogen-bond acceptors (Lipinski definition) is 3. The molecular weight excluding hydrogens is 222 g/mol. The van der Waals surface area contributed by atoms with E-state index in [9.17, 15) is 0 Å². The Labute approximate surface area is 112 Å². The zero-order valence-electron chi connectivity index (χ0n) is 12.2. The summed E-state index contributed by atoms with van der Waals surface area (Å²) >= 11 is 0. The number of likely N-dealkylation sites (N-methyl/N-ethyl adjacent to an activating group) is 1. The van der Waals surface area contributed by atoms with Crippen LogP contribution >= 0.6 is 0 Å². The van der Waals surface area contributed by atoms with Crippen molar-refractivity contribution in [2.45, 2.75) is 70.0 Å². The lowest BCUT2D eigenvalue weighted by molar-refractivity contribution is -0.0310. The summed E-state index contributed by atoms with van der Waals surface area (Å²) in [6.45, 7) is 6.80. The summed E-state index contributed by atoms with van der Waals surface area (Å²) in [7, 11) is 2.20. The molecule has 0 aromatic heterocycles. The molecule has 1 saturated carbocycles. The zero-order chi connectivity index (χ0) is 13.2. The van der Waals surface area contributed by atoms with Gasteiger partial charge in [-0.1, -0.05) is 19.3 Å². The minimum absolute atomic E-state index is 0.239. The average Bonchev–Trinajstić information content (AvgIpc) is 2.35. The zero-order valence-corrected chi connectivity index (χ0v) is 12.2. The van der Waals surface area contributed by atoms with Gasteiger partial charge in [0.25, 0.3) is 0 Å². The van der Waals surface area contributed by atoms with E-state index in [0.717, 1.165) is 19.1 Å². The molecule has 1 aliphatic carbocycles. The van der Waals surface area contributed by atoms with Crippen LogP contribution in [-0.4, -0.2) is 47.6 Å². The summed E-state index contributed by atoms with van der Waals surface area (Å²) in [5, 5.41) is 9.06. The van der Waals surface area contributed by atoms with Gasteiger partial charge in [0.2, 0.25) is 0 Å². The van der Waals surface area contributed by atoms with Crippen LogP contribution in [0.25, 0.3) is 0 Å². The van der Waals surface area contributed by atoms with Crippen molar-refractivity contribution in [1.29, 1.82) is 5.26 Å². The normalized spacial score (nSPS) is 31.1. The van der Waals surface area contributed by atoms with E-state index in [1.807, 2.05) is 0 Å². The van der Waals surface area contributed by atoms with Crippen LogP contribution < -0.4 is 0 Å². The highest BCUT2D eigenvalue weighted by Gasteiger charge is 2.39. The van der Waals surface area contributed by atoms with Gasteiger partial charge in [-0.05, 0) is 33.7 Å². The Morgan fingerprint density at radius 3 is 2.50 bits per heavy atom. The van der Waals surface area contributed by atoms with Gasteiger partial charge in [0.15, 0.2) is 0 Å². The lowest BCUT2D eigenvalue weighted by Crippen LogP contribution is -2.64. The fraction of sp³-hybridized carbons (Fsp3) is 0.933. The second kappa shape index (κ2) is 5.59. The molecule has 1 saturated heterocycles. The van der Waals surface area contributed by atoms with Crippen LogP contribution in [0.1, 0.15) is 52.4 Å². The van der Waals surface area contributed by atoms with Gasteiger partial charge in [-0.3, -0.25) is 9.80 Å². The van der Waals surface area contributed by atoms with E-state index in [-0.39, 0.29) is 5.54 Å². The molecular formula is C15H27N3. The molecule has 1 aliphatic heterocycles. The summed E-state index contributed by atoms with van der Waals surface area (Å²) in [6.07, 6.45) is 7.49. The molecule has 18 heavy (non-hydrogen) atoms. The number of nitrogens with zero attached hydrogens (tertiary/aromatic N) is 3. The highest BCUT2D eigenvalue weighted by Crippen LogP contribution is 2.31. The van der Waals surface area contributed by atoms with Crippen LogP contribution in [0.5, 0.6) is 0 Å². The maximum Gasteiger partial charge on any atom is 0.0638 e. The number of piperazine rings is 1. The quantitative estimate of drug-likeness (QED) is 0.753. The largest absolute Gasteiger partial charge is 0.298 e. The Kier molecular flexibility index (Phi) is 4.29. The topological polar surface area (TPSA) is 30.3 Å². The van der Waals surface area contributed by atoms with Crippen molar-refractivity contribution in [3.05, 3.63) is 0 Å². The lowest BCUT2D eigenvalue weighted by atomic mass is 9.88. The average molecular weight is 249 g/mol. The minimum atomic E-state index is 0.239. The Balaban J connectivity index is 2.10. The molecule has 102 valence electrons. The second-order valence-corrected chi connectivity index (χ2v) is 6.67. The summed E-state index contributed by atoms with van der Waals surface area (Å²) in [6, 6.07) is 3.55. The number of rotatable bonds is 2. The molecule has 0 N–H and O–H groups in total. The number of hydrogen-bond donors (Lipinski definition) is 0. The maximum absolute atomic E-state index is 9.06. The summed E-state index contributed by atoms with van der Waals surface area (Å²) < 4.78 is 0. The fourth-order valence-corrected chi connectivity index (χ4v) is 3.49. The predicted octanol–water partition coefficient (Wildman–Crippen LogP) is 2.63. The first-order valence-electron chi connectivity index (χ1n) is 7.38. The first-order valence-corrected chi connectivity index (χ1v) is 7.38. The molecule has 0 aromatic rings. The smallest absolute Gasteiger partial charge is 0.0638 e. The third-order valence-electron chi connectivity index (χ3n) is 4.93. The molecule has 1 atom stereocenters. The van der Waals surface area contributed by atoms with Crippen LogP contribution in [0.3, 0.4) is 0 Å². The van der Waals surface area contributed by atoms with E-state index in [2.05, 4.69) is 36.8 Å². The van der Waals surface area contributed by atoms with Crippen molar-refractivity contribution in [3.8, 4) is 6.07 Å². The molecule has 0 spiro atoms. The van der Waals surface area contributed by atoms with Gasteiger partial charge < -0.3 is 0 Å². The van der Waals surface area contributed by atoms with Crippen LogP contribution in [0.2, 0.25) is 0 Å². The second-order valence-electron chi connectivity index (χ2n) is 6.67. The van der Waals surface area contributed by atoms with E-state index in [1.54, 1.807) is 0 Å². The molecule has 0 aromatic carbocycles. The van der Waals surface area contributed by atoms with Crippen LogP contribution in [0.4, 0.5) is 0 Å². The maximum atomic E-state index is 9.06. The first-order chi connectivity index (χ1) is 8.54. The van der Waals surface area contributed by atoms with Gasteiger partial charge in [0.1, 0.15) is 0 Å². The van der Waals surface area contributed by atoms with Crippen LogP contribution in [0, 0.1) is 11.3 Å². The first kappa shape index (κ1) is 13.8. The minimum Gasteiger partial charge on any atom is -0.298 e.